The molecule has 0 bridgehead atoms. The van der Waals surface area contributed by atoms with E-state index < -0.39 is 17.6 Å². The molecule has 9 heteroatoms. The SMILES string of the molecule is CCOC(=O)C1CCN(C(=O)OC(C)(C)C)c2cnc3cc(Cl)nn3c21. The van der Waals surface area contributed by atoms with Crippen LogP contribution >= 0.6 is 11.6 Å². The van der Waals surface area contributed by atoms with Crippen LogP contribution in [0.25, 0.3) is 5.65 Å². The van der Waals surface area contributed by atoms with Crippen LogP contribution in [0.15, 0.2) is 12.3 Å². The lowest BCUT2D eigenvalue weighted by molar-refractivity contribution is -0.145. The fourth-order valence-corrected chi connectivity index (χ4v) is 3.12. The molecule has 2 aromatic heterocycles. The van der Waals surface area contributed by atoms with Crippen LogP contribution in [0.3, 0.4) is 0 Å². The molecular formula is C17H21ClN4O4. The Kier molecular flexibility index (Phi) is 4.79. The Labute approximate surface area is 156 Å². The number of hydrogen-bond acceptors (Lipinski definition) is 6. The molecule has 0 fully saturated rings. The van der Waals surface area contributed by atoms with Gasteiger partial charge in [-0.15, -0.1) is 0 Å². The Bertz CT molecular complexity index is 858. The number of nitrogens with zero attached hydrogens (tertiary/aromatic N) is 4. The number of anilines is 1. The molecule has 3 heterocycles. The van der Waals surface area contributed by atoms with Crippen LogP contribution in [-0.4, -0.2) is 45.4 Å². The number of amides is 1. The average molecular weight is 381 g/mol. The molecule has 0 N–H and O–H groups in total. The van der Waals surface area contributed by atoms with Gasteiger partial charge in [-0.05, 0) is 34.1 Å². The third-order valence-electron chi connectivity index (χ3n) is 3.92. The van der Waals surface area contributed by atoms with E-state index in [2.05, 4.69) is 10.1 Å². The Morgan fingerprint density at radius 1 is 1.38 bits per heavy atom. The summed E-state index contributed by atoms with van der Waals surface area (Å²) in [6.45, 7) is 7.73. The van der Waals surface area contributed by atoms with Gasteiger partial charge in [0, 0.05) is 12.6 Å². The largest absolute Gasteiger partial charge is 0.465 e. The number of fused-ring (bicyclic) bond motifs is 3. The summed E-state index contributed by atoms with van der Waals surface area (Å²) in [6.07, 6.45) is 1.43. The van der Waals surface area contributed by atoms with Gasteiger partial charge < -0.3 is 9.47 Å². The first-order valence-electron chi connectivity index (χ1n) is 8.42. The first-order chi connectivity index (χ1) is 12.2. The number of rotatable bonds is 2. The standard InChI is InChI=1S/C17H21ClN4O4/c1-5-25-15(23)10-6-7-21(16(24)26-17(2,3)4)11-9-19-13-8-12(18)20-22(13)14(10)11/h8-10H,5-7H2,1-4H3. The van der Waals surface area contributed by atoms with Crippen molar-refractivity contribution >= 4 is 35.0 Å². The molecule has 8 nitrogen and oxygen atoms in total. The number of aromatic nitrogens is 3. The molecule has 0 spiro atoms. The first-order valence-corrected chi connectivity index (χ1v) is 8.80. The number of hydrogen-bond donors (Lipinski definition) is 0. The summed E-state index contributed by atoms with van der Waals surface area (Å²) in [5, 5.41) is 4.47. The molecule has 1 amide bonds. The predicted molar refractivity (Wildman–Crippen MR) is 95.6 cm³/mol. The topological polar surface area (TPSA) is 86.0 Å². The zero-order valence-electron chi connectivity index (χ0n) is 15.2. The second-order valence-corrected chi connectivity index (χ2v) is 7.38. The molecule has 2 aromatic rings. The number of carbonyl (C=O) groups excluding carboxylic acids is 2. The van der Waals surface area contributed by atoms with Crippen molar-refractivity contribution in [3.63, 3.8) is 0 Å². The highest BCUT2D eigenvalue weighted by Gasteiger charge is 2.38. The third-order valence-corrected chi connectivity index (χ3v) is 4.10. The normalized spacial score (nSPS) is 17.1. The molecule has 26 heavy (non-hydrogen) atoms. The third kappa shape index (κ3) is 3.46. The Balaban J connectivity index is 2.10. The lowest BCUT2D eigenvalue weighted by Gasteiger charge is -2.34. The smallest absolute Gasteiger partial charge is 0.414 e. The van der Waals surface area contributed by atoms with E-state index in [1.165, 1.54) is 15.6 Å². The van der Waals surface area contributed by atoms with Gasteiger partial charge in [-0.25, -0.2) is 14.3 Å². The van der Waals surface area contributed by atoms with Crippen LogP contribution in [0.1, 0.15) is 45.7 Å². The van der Waals surface area contributed by atoms with Gasteiger partial charge in [-0.2, -0.15) is 5.10 Å². The maximum Gasteiger partial charge on any atom is 0.414 e. The van der Waals surface area contributed by atoms with Gasteiger partial charge in [0.1, 0.15) is 11.5 Å². The first kappa shape index (κ1) is 18.4. The van der Waals surface area contributed by atoms with E-state index in [9.17, 15) is 9.59 Å². The fourth-order valence-electron chi connectivity index (χ4n) is 2.94. The maximum absolute atomic E-state index is 12.6. The minimum Gasteiger partial charge on any atom is -0.465 e. The van der Waals surface area contributed by atoms with E-state index >= 15 is 0 Å². The van der Waals surface area contributed by atoms with Crippen molar-refractivity contribution in [3.8, 4) is 0 Å². The molecule has 1 unspecified atom stereocenters. The van der Waals surface area contributed by atoms with Crippen LogP contribution < -0.4 is 4.90 Å². The minimum absolute atomic E-state index is 0.253. The van der Waals surface area contributed by atoms with E-state index in [0.717, 1.165) is 0 Å². The van der Waals surface area contributed by atoms with Crippen molar-refractivity contribution < 1.29 is 19.1 Å². The van der Waals surface area contributed by atoms with Crippen LogP contribution in [-0.2, 0) is 14.3 Å². The lowest BCUT2D eigenvalue weighted by atomic mass is 9.95. The van der Waals surface area contributed by atoms with E-state index in [1.54, 1.807) is 33.8 Å². The Morgan fingerprint density at radius 2 is 2.12 bits per heavy atom. The van der Waals surface area contributed by atoms with Gasteiger partial charge in [-0.1, -0.05) is 11.6 Å². The fraction of sp³-hybridized carbons (Fsp3) is 0.529. The molecule has 3 rings (SSSR count). The molecular weight excluding hydrogens is 360 g/mol. The van der Waals surface area contributed by atoms with Gasteiger partial charge in [0.05, 0.1) is 24.2 Å². The van der Waals surface area contributed by atoms with Crippen LogP contribution in [0.2, 0.25) is 5.15 Å². The van der Waals surface area contributed by atoms with Gasteiger partial charge in [-0.3, -0.25) is 9.69 Å². The summed E-state index contributed by atoms with van der Waals surface area (Å²) in [4.78, 5) is 30.9. The highest BCUT2D eigenvalue weighted by molar-refractivity contribution is 6.29. The van der Waals surface area contributed by atoms with E-state index in [4.69, 9.17) is 21.1 Å². The van der Waals surface area contributed by atoms with Crippen molar-refractivity contribution in [1.29, 1.82) is 0 Å². The van der Waals surface area contributed by atoms with Gasteiger partial charge in [0.15, 0.2) is 10.8 Å². The molecule has 1 atom stereocenters. The average Bonchev–Trinajstić information content (AvgIpc) is 2.92. The maximum atomic E-state index is 12.6. The van der Waals surface area contributed by atoms with Crippen LogP contribution in [0, 0.1) is 0 Å². The van der Waals surface area contributed by atoms with Gasteiger partial charge in [0.2, 0.25) is 0 Å². The summed E-state index contributed by atoms with van der Waals surface area (Å²) >= 11 is 6.01. The summed E-state index contributed by atoms with van der Waals surface area (Å²) in [5.74, 6) is -0.929. The molecule has 1 aliphatic rings. The van der Waals surface area contributed by atoms with Crippen LogP contribution in [0.4, 0.5) is 10.5 Å². The van der Waals surface area contributed by atoms with E-state index in [0.29, 0.717) is 30.0 Å². The monoisotopic (exact) mass is 380 g/mol. The Hall–Kier alpha value is -2.35. The zero-order chi connectivity index (χ0) is 19.1. The van der Waals surface area contributed by atoms with E-state index in [-0.39, 0.29) is 17.7 Å². The highest BCUT2D eigenvalue weighted by atomic mass is 35.5. The predicted octanol–water partition coefficient (Wildman–Crippen LogP) is 3.17. The van der Waals surface area contributed by atoms with Crippen molar-refractivity contribution in [2.45, 2.75) is 45.6 Å². The Morgan fingerprint density at radius 3 is 2.77 bits per heavy atom. The highest BCUT2D eigenvalue weighted by Crippen LogP contribution is 2.37. The van der Waals surface area contributed by atoms with Crippen molar-refractivity contribution in [1.82, 2.24) is 14.6 Å². The second-order valence-electron chi connectivity index (χ2n) is 6.99. The second kappa shape index (κ2) is 6.75. The van der Waals surface area contributed by atoms with Crippen molar-refractivity contribution in [3.05, 3.63) is 23.1 Å². The number of carbonyl (C=O) groups is 2. The lowest BCUT2D eigenvalue weighted by Crippen LogP contribution is -2.42. The molecule has 0 saturated carbocycles. The van der Waals surface area contributed by atoms with Crippen molar-refractivity contribution in [2.75, 3.05) is 18.1 Å². The summed E-state index contributed by atoms with van der Waals surface area (Å²) in [6, 6.07) is 1.59. The molecule has 0 radical (unpaired) electrons. The summed E-state index contributed by atoms with van der Waals surface area (Å²) in [5.41, 5.74) is 0.851. The van der Waals surface area contributed by atoms with E-state index in [1.807, 2.05) is 0 Å². The number of ether oxygens (including phenoxy) is 2. The summed E-state index contributed by atoms with van der Waals surface area (Å²) < 4.78 is 12.2. The zero-order valence-corrected chi connectivity index (χ0v) is 15.9. The molecule has 0 aromatic carbocycles. The van der Waals surface area contributed by atoms with Crippen molar-refractivity contribution in [2.24, 2.45) is 0 Å². The number of halogens is 1. The molecule has 140 valence electrons. The van der Waals surface area contributed by atoms with Gasteiger partial charge >= 0.3 is 12.1 Å². The molecule has 0 saturated heterocycles. The molecule has 0 aliphatic carbocycles. The quantitative estimate of drug-likeness (QED) is 0.744. The van der Waals surface area contributed by atoms with Gasteiger partial charge in [0.25, 0.3) is 0 Å². The molecule has 1 aliphatic heterocycles. The summed E-state index contributed by atoms with van der Waals surface area (Å²) in [7, 11) is 0. The minimum atomic E-state index is -0.637. The van der Waals surface area contributed by atoms with Crippen LogP contribution in [0.5, 0.6) is 0 Å². The number of esters is 1.